The Labute approximate surface area is 93.1 Å². The van der Waals surface area contributed by atoms with Crippen molar-refractivity contribution < 1.29 is 8.42 Å². The summed E-state index contributed by atoms with van der Waals surface area (Å²) in [7, 11) is -3.40. The molecule has 0 aromatic heterocycles. The van der Waals surface area contributed by atoms with E-state index in [0.717, 1.165) is 5.75 Å². The Balaban J connectivity index is 2.71. The van der Waals surface area contributed by atoms with Gasteiger partial charge in [-0.25, -0.2) is 8.42 Å². The van der Waals surface area contributed by atoms with Gasteiger partial charge in [0.05, 0.1) is 11.8 Å². The first-order valence-corrected chi connectivity index (χ1v) is 7.44. The van der Waals surface area contributed by atoms with Crippen molar-refractivity contribution in [3.63, 3.8) is 0 Å². The molecule has 0 radical (unpaired) electrons. The summed E-state index contributed by atoms with van der Waals surface area (Å²) in [6.07, 6.45) is 0.565. The number of nitrogens with one attached hydrogen (secondary N) is 1. The number of thioether (sulfide) groups is 1. The molecule has 1 atom stereocenters. The number of alkyl halides is 1. The largest absolute Gasteiger partial charge is 0.214 e. The van der Waals surface area contributed by atoms with Gasteiger partial charge in [0.1, 0.15) is 5.54 Å². The maximum Gasteiger partial charge on any atom is 0.214 e. The van der Waals surface area contributed by atoms with Crippen molar-refractivity contribution >= 4 is 33.4 Å². The Hall–Kier alpha value is 0.0400. The van der Waals surface area contributed by atoms with Crippen molar-refractivity contribution in [2.45, 2.75) is 12.0 Å². The molecular weight excluding hydrogens is 244 g/mol. The standard InChI is InChI=1S/C7H11ClN2O2S2/c8-2-4-14(11,12)10-7(5-9)1-3-13-6-7/h10H,1-4,6H2. The first-order chi connectivity index (χ1) is 6.54. The molecule has 1 aliphatic rings. The minimum absolute atomic E-state index is 0.0456. The zero-order valence-corrected chi connectivity index (χ0v) is 9.88. The molecule has 1 unspecified atom stereocenters. The molecule has 0 saturated carbocycles. The molecule has 7 heteroatoms. The molecule has 1 saturated heterocycles. The van der Waals surface area contributed by atoms with Gasteiger partial charge in [-0.1, -0.05) is 0 Å². The third kappa shape index (κ3) is 3.02. The quantitative estimate of drug-likeness (QED) is 0.744. The first-order valence-electron chi connectivity index (χ1n) is 4.10. The molecule has 0 amide bonds. The number of hydrogen-bond acceptors (Lipinski definition) is 4. The maximum atomic E-state index is 11.4. The summed E-state index contributed by atoms with van der Waals surface area (Å²) in [5.74, 6) is 1.24. The zero-order chi connectivity index (χ0) is 10.7. The van der Waals surface area contributed by atoms with Crippen molar-refractivity contribution in [2.24, 2.45) is 0 Å². The van der Waals surface area contributed by atoms with E-state index in [1.807, 2.05) is 6.07 Å². The predicted octanol–water partition coefficient (Wildman–Crippen LogP) is 0.544. The average molecular weight is 255 g/mol. The topological polar surface area (TPSA) is 70.0 Å². The van der Waals surface area contributed by atoms with Gasteiger partial charge >= 0.3 is 0 Å². The van der Waals surface area contributed by atoms with Crippen LogP contribution in [0.1, 0.15) is 6.42 Å². The van der Waals surface area contributed by atoms with Crippen molar-refractivity contribution in [1.82, 2.24) is 4.72 Å². The zero-order valence-electron chi connectivity index (χ0n) is 7.49. The number of hydrogen-bond donors (Lipinski definition) is 1. The molecule has 0 spiro atoms. The molecule has 0 aliphatic carbocycles. The molecule has 1 aliphatic heterocycles. The summed E-state index contributed by atoms with van der Waals surface area (Å²) >= 11 is 6.93. The van der Waals surface area contributed by atoms with Gasteiger partial charge in [0.25, 0.3) is 0 Å². The number of nitriles is 1. The van der Waals surface area contributed by atoms with Crippen LogP contribution in [0.2, 0.25) is 0 Å². The van der Waals surface area contributed by atoms with Crippen LogP contribution in [-0.2, 0) is 10.0 Å². The minimum atomic E-state index is -3.40. The van der Waals surface area contributed by atoms with Gasteiger partial charge in [-0.3, -0.25) is 0 Å². The van der Waals surface area contributed by atoms with Crippen LogP contribution in [0.25, 0.3) is 0 Å². The fraction of sp³-hybridized carbons (Fsp3) is 0.857. The minimum Gasteiger partial charge on any atom is -0.212 e. The molecule has 0 aromatic carbocycles. The van der Waals surface area contributed by atoms with Crippen LogP contribution >= 0.6 is 23.4 Å². The molecule has 4 nitrogen and oxygen atoms in total. The smallest absolute Gasteiger partial charge is 0.212 e. The van der Waals surface area contributed by atoms with Gasteiger partial charge < -0.3 is 0 Å². The van der Waals surface area contributed by atoms with Crippen LogP contribution < -0.4 is 4.72 Å². The van der Waals surface area contributed by atoms with E-state index in [4.69, 9.17) is 16.9 Å². The van der Waals surface area contributed by atoms with Crippen LogP contribution in [0, 0.1) is 11.3 Å². The maximum absolute atomic E-state index is 11.4. The lowest BCUT2D eigenvalue weighted by Crippen LogP contribution is -2.48. The fourth-order valence-corrected chi connectivity index (χ4v) is 4.29. The van der Waals surface area contributed by atoms with Crippen LogP contribution in [-0.4, -0.2) is 37.1 Å². The Morgan fingerprint density at radius 1 is 1.64 bits per heavy atom. The molecule has 1 rings (SSSR count). The molecule has 0 bridgehead atoms. The highest BCUT2D eigenvalue weighted by Gasteiger charge is 2.37. The highest BCUT2D eigenvalue weighted by molar-refractivity contribution is 7.99. The molecule has 14 heavy (non-hydrogen) atoms. The predicted molar refractivity (Wildman–Crippen MR) is 57.9 cm³/mol. The summed E-state index contributed by atoms with van der Waals surface area (Å²) in [5.41, 5.74) is -0.907. The van der Waals surface area contributed by atoms with E-state index < -0.39 is 15.6 Å². The molecule has 0 aromatic rings. The van der Waals surface area contributed by atoms with Crippen LogP contribution in [0.15, 0.2) is 0 Å². The van der Waals surface area contributed by atoms with Gasteiger partial charge in [0.15, 0.2) is 0 Å². The Kier molecular flexibility index (Phi) is 4.07. The van der Waals surface area contributed by atoms with Gasteiger partial charge in [-0.05, 0) is 12.2 Å². The molecular formula is C7H11ClN2O2S2. The second kappa shape index (κ2) is 4.71. The van der Waals surface area contributed by atoms with Crippen molar-refractivity contribution in [3.8, 4) is 6.07 Å². The monoisotopic (exact) mass is 254 g/mol. The normalized spacial score (nSPS) is 27.4. The molecule has 1 heterocycles. The SMILES string of the molecule is N#CC1(NS(=O)(=O)CCCl)CCSC1. The highest BCUT2D eigenvalue weighted by Crippen LogP contribution is 2.27. The van der Waals surface area contributed by atoms with E-state index >= 15 is 0 Å². The van der Waals surface area contributed by atoms with Gasteiger partial charge in [-0.15, -0.1) is 11.6 Å². The molecule has 1 N–H and O–H groups in total. The Morgan fingerprint density at radius 2 is 2.36 bits per heavy atom. The van der Waals surface area contributed by atoms with E-state index in [1.54, 1.807) is 11.8 Å². The third-order valence-corrected chi connectivity index (χ3v) is 4.98. The van der Waals surface area contributed by atoms with Gasteiger partial charge in [-0.2, -0.15) is 21.7 Å². The third-order valence-electron chi connectivity index (χ3n) is 1.93. The van der Waals surface area contributed by atoms with Crippen molar-refractivity contribution in [2.75, 3.05) is 23.1 Å². The number of rotatable bonds is 4. The van der Waals surface area contributed by atoms with Crippen LogP contribution in [0.3, 0.4) is 0 Å². The van der Waals surface area contributed by atoms with E-state index in [-0.39, 0.29) is 11.6 Å². The van der Waals surface area contributed by atoms with Gasteiger partial charge in [0, 0.05) is 11.6 Å². The summed E-state index contributed by atoms with van der Waals surface area (Å²) in [6, 6.07) is 2.04. The lowest BCUT2D eigenvalue weighted by molar-refractivity contribution is 0.516. The van der Waals surface area contributed by atoms with Crippen molar-refractivity contribution in [3.05, 3.63) is 0 Å². The highest BCUT2D eigenvalue weighted by atomic mass is 35.5. The van der Waals surface area contributed by atoms with Crippen molar-refractivity contribution in [1.29, 1.82) is 5.26 Å². The van der Waals surface area contributed by atoms with E-state index in [1.165, 1.54) is 0 Å². The Bertz CT molecular complexity index is 330. The Morgan fingerprint density at radius 3 is 2.79 bits per heavy atom. The van der Waals surface area contributed by atoms with Crippen LogP contribution in [0.5, 0.6) is 0 Å². The fourth-order valence-electron chi connectivity index (χ4n) is 1.21. The summed E-state index contributed by atoms with van der Waals surface area (Å²) in [4.78, 5) is 0. The second-order valence-electron chi connectivity index (χ2n) is 3.11. The number of halogens is 1. The summed E-state index contributed by atoms with van der Waals surface area (Å²) in [6.45, 7) is 0. The number of sulfonamides is 1. The lowest BCUT2D eigenvalue weighted by atomic mass is 10.0. The lowest BCUT2D eigenvalue weighted by Gasteiger charge is -2.20. The van der Waals surface area contributed by atoms with Gasteiger partial charge in [0.2, 0.25) is 10.0 Å². The molecule has 1 fully saturated rings. The molecule has 80 valence electrons. The van der Waals surface area contributed by atoms with E-state index in [2.05, 4.69) is 4.72 Å². The summed E-state index contributed by atoms with van der Waals surface area (Å²) < 4.78 is 25.2. The second-order valence-corrected chi connectivity index (χ2v) is 6.43. The van der Waals surface area contributed by atoms with E-state index in [9.17, 15) is 8.42 Å². The average Bonchev–Trinajstić information content (AvgIpc) is 2.53. The van der Waals surface area contributed by atoms with Crippen LogP contribution in [0.4, 0.5) is 0 Å². The van der Waals surface area contributed by atoms with E-state index in [0.29, 0.717) is 12.2 Å². The first kappa shape index (κ1) is 12.1. The number of nitrogens with zero attached hydrogens (tertiary/aromatic N) is 1. The summed E-state index contributed by atoms with van der Waals surface area (Å²) in [5, 5.41) is 8.92.